The van der Waals surface area contributed by atoms with Crippen LogP contribution in [0.15, 0.2) is 28.7 Å². The lowest BCUT2D eigenvalue weighted by Crippen LogP contribution is -2.42. The van der Waals surface area contributed by atoms with E-state index in [1.807, 2.05) is 36.1 Å². The van der Waals surface area contributed by atoms with Crippen LogP contribution >= 0.6 is 15.9 Å². The van der Waals surface area contributed by atoms with Crippen molar-refractivity contribution < 1.29 is 9.59 Å². The van der Waals surface area contributed by atoms with Crippen LogP contribution in [0, 0.1) is 0 Å². The van der Waals surface area contributed by atoms with Crippen molar-refractivity contribution in [2.75, 3.05) is 32.7 Å². The highest BCUT2D eigenvalue weighted by molar-refractivity contribution is 9.10. The zero-order chi connectivity index (χ0) is 15.9. The Morgan fingerprint density at radius 3 is 2.41 bits per heavy atom. The van der Waals surface area contributed by atoms with Gasteiger partial charge in [-0.05, 0) is 37.1 Å². The summed E-state index contributed by atoms with van der Waals surface area (Å²) in [4.78, 5) is 28.1. The maximum atomic E-state index is 12.5. The predicted molar refractivity (Wildman–Crippen MR) is 89.9 cm³/mol. The Bertz CT molecular complexity index is 519. The normalized spacial score (nSPS) is 15.4. The van der Waals surface area contributed by atoms with E-state index < -0.39 is 0 Å². The molecule has 3 amide bonds. The Morgan fingerprint density at radius 1 is 1.09 bits per heavy atom. The van der Waals surface area contributed by atoms with Crippen molar-refractivity contribution in [3.05, 3.63) is 34.3 Å². The topological polar surface area (TPSA) is 52.7 Å². The number of urea groups is 1. The molecule has 0 unspecified atom stereocenters. The minimum atomic E-state index is -0.0280. The van der Waals surface area contributed by atoms with E-state index in [2.05, 4.69) is 21.2 Å². The average Bonchev–Trinajstić information content (AvgIpc) is 2.78. The highest BCUT2D eigenvalue weighted by Crippen LogP contribution is 2.14. The van der Waals surface area contributed by atoms with Gasteiger partial charge in [0.05, 0.1) is 0 Å². The van der Waals surface area contributed by atoms with Crippen LogP contribution in [0.1, 0.15) is 30.1 Å². The summed E-state index contributed by atoms with van der Waals surface area (Å²) < 4.78 is 0.957. The maximum absolute atomic E-state index is 12.5. The number of carbonyl (C=O) groups excluding carboxylic acids is 2. The van der Waals surface area contributed by atoms with Crippen LogP contribution in [-0.4, -0.2) is 54.5 Å². The number of hydrogen-bond donors (Lipinski definition) is 1. The average molecular weight is 368 g/mol. The first-order chi connectivity index (χ1) is 10.6. The van der Waals surface area contributed by atoms with E-state index in [1.54, 1.807) is 4.90 Å². The van der Waals surface area contributed by atoms with E-state index in [-0.39, 0.29) is 11.9 Å². The van der Waals surface area contributed by atoms with Gasteiger partial charge in [-0.15, -0.1) is 0 Å². The molecule has 0 radical (unpaired) electrons. The van der Waals surface area contributed by atoms with E-state index in [0.717, 1.165) is 17.3 Å². The molecular formula is C16H22BrN3O2. The molecule has 0 aromatic heterocycles. The lowest BCUT2D eigenvalue weighted by atomic mass is 10.2. The van der Waals surface area contributed by atoms with Gasteiger partial charge >= 0.3 is 6.03 Å². The van der Waals surface area contributed by atoms with Gasteiger partial charge in [0, 0.05) is 42.8 Å². The second-order valence-corrected chi connectivity index (χ2v) is 6.29. The van der Waals surface area contributed by atoms with Crippen molar-refractivity contribution in [3.8, 4) is 0 Å². The molecule has 1 fully saturated rings. The summed E-state index contributed by atoms with van der Waals surface area (Å²) in [6, 6.07) is 7.36. The molecule has 1 heterocycles. The number of rotatable bonds is 3. The van der Waals surface area contributed by atoms with E-state index in [1.165, 1.54) is 0 Å². The Morgan fingerprint density at radius 2 is 1.73 bits per heavy atom. The molecule has 1 aromatic rings. The minimum Gasteiger partial charge on any atom is -0.338 e. The van der Waals surface area contributed by atoms with Gasteiger partial charge in [0.25, 0.3) is 5.91 Å². The van der Waals surface area contributed by atoms with E-state index in [4.69, 9.17) is 0 Å². The molecule has 1 aliphatic heterocycles. The highest BCUT2D eigenvalue weighted by atomic mass is 79.9. The second-order valence-electron chi connectivity index (χ2n) is 5.37. The molecular weight excluding hydrogens is 346 g/mol. The third-order valence-electron chi connectivity index (χ3n) is 3.69. The van der Waals surface area contributed by atoms with Crippen LogP contribution in [0.25, 0.3) is 0 Å². The summed E-state index contributed by atoms with van der Waals surface area (Å²) in [6.07, 6.45) is 1.73. The fourth-order valence-corrected chi connectivity index (χ4v) is 2.71. The van der Waals surface area contributed by atoms with E-state index in [9.17, 15) is 9.59 Å². The summed E-state index contributed by atoms with van der Waals surface area (Å²) in [5.74, 6) is 0.0308. The van der Waals surface area contributed by atoms with Gasteiger partial charge in [0.2, 0.25) is 0 Å². The molecule has 0 aliphatic carbocycles. The van der Waals surface area contributed by atoms with Gasteiger partial charge in [-0.25, -0.2) is 4.79 Å². The standard InChI is InChI=1S/C16H22BrN3O2/c1-2-8-18-16(22)20-10-3-9-19(11-12-20)15(21)13-4-6-14(17)7-5-13/h4-7H,2-3,8-12H2,1H3,(H,18,22). The third kappa shape index (κ3) is 4.47. The number of hydrogen-bond acceptors (Lipinski definition) is 2. The van der Waals surface area contributed by atoms with Crippen molar-refractivity contribution in [1.82, 2.24) is 15.1 Å². The molecule has 5 nitrogen and oxygen atoms in total. The Kier molecular flexibility index (Phi) is 6.24. The molecule has 1 aliphatic rings. The number of nitrogens with one attached hydrogen (secondary N) is 1. The fraction of sp³-hybridized carbons (Fsp3) is 0.500. The lowest BCUT2D eigenvalue weighted by molar-refractivity contribution is 0.0762. The van der Waals surface area contributed by atoms with Gasteiger partial charge in [0.1, 0.15) is 0 Å². The van der Waals surface area contributed by atoms with Crippen molar-refractivity contribution in [2.24, 2.45) is 0 Å². The first-order valence-corrected chi connectivity index (χ1v) is 8.48. The first kappa shape index (κ1) is 16.8. The number of benzene rings is 1. The molecule has 6 heteroatoms. The summed E-state index contributed by atoms with van der Waals surface area (Å²) >= 11 is 3.37. The first-order valence-electron chi connectivity index (χ1n) is 7.69. The molecule has 0 atom stereocenters. The molecule has 0 spiro atoms. The molecule has 2 rings (SSSR count). The monoisotopic (exact) mass is 367 g/mol. The predicted octanol–water partition coefficient (Wildman–Crippen LogP) is 2.72. The van der Waals surface area contributed by atoms with Gasteiger partial charge in [-0.3, -0.25) is 4.79 Å². The van der Waals surface area contributed by atoms with Crippen molar-refractivity contribution >= 4 is 27.9 Å². The summed E-state index contributed by atoms with van der Waals surface area (Å²) in [7, 11) is 0. The number of nitrogens with zero attached hydrogens (tertiary/aromatic N) is 2. The lowest BCUT2D eigenvalue weighted by Gasteiger charge is -2.22. The molecule has 1 saturated heterocycles. The van der Waals surface area contributed by atoms with Gasteiger partial charge < -0.3 is 15.1 Å². The van der Waals surface area contributed by atoms with Gasteiger partial charge in [-0.2, -0.15) is 0 Å². The quantitative estimate of drug-likeness (QED) is 0.892. The van der Waals surface area contributed by atoms with Crippen molar-refractivity contribution in [3.63, 3.8) is 0 Å². The zero-order valence-electron chi connectivity index (χ0n) is 12.8. The zero-order valence-corrected chi connectivity index (χ0v) is 14.4. The number of carbonyl (C=O) groups is 2. The fourth-order valence-electron chi connectivity index (χ4n) is 2.44. The Balaban J connectivity index is 1.93. The Labute approximate surface area is 139 Å². The van der Waals surface area contributed by atoms with Crippen molar-refractivity contribution in [1.29, 1.82) is 0 Å². The van der Waals surface area contributed by atoms with Crippen LogP contribution in [0.2, 0.25) is 0 Å². The molecule has 22 heavy (non-hydrogen) atoms. The molecule has 0 saturated carbocycles. The highest BCUT2D eigenvalue weighted by Gasteiger charge is 2.22. The van der Waals surface area contributed by atoms with E-state index >= 15 is 0 Å². The number of amides is 3. The van der Waals surface area contributed by atoms with Crippen LogP contribution in [0.3, 0.4) is 0 Å². The Hall–Kier alpha value is -1.56. The molecule has 120 valence electrons. The molecule has 0 bridgehead atoms. The van der Waals surface area contributed by atoms with Crippen LogP contribution in [-0.2, 0) is 0 Å². The summed E-state index contributed by atoms with van der Waals surface area (Å²) in [5, 5.41) is 2.89. The third-order valence-corrected chi connectivity index (χ3v) is 4.22. The van der Waals surface area contributed by atoms with Crippen LogP contribution < -0.4 is 5.32 Å². The summed E-state index contributed by atoms with van der Waals surface area (Å²) in [5.41, 5.74) is 0.687. The largest absolute Gasteiger partial charge is 0.338 e. The SMILES string of the molecule is CCCNC(=O)N1CCCN(C(=O)c2ccc(Br)cc2)CC1. The maximum Gasteiger partial charge on any atom is 0.317 e. The van der Waals surface area contributed by atoms with Gasteiger partial charge in [0.15, 0.2) is 0 Å². The van der Waals surface area contributed by atoms with Crippen molar-refractivity contribution in [2.45, 2.75) is 19.8 Å². The second kappa shape index (κ2) is 8.17. The van der Waals surface area contributed by atoms with Crippen LogP contribution in [0.4, 0.5) is 4.79 Å². The number of halogens is 1. The molecule has 1 N–H and O–H groups in total. The smallest absolute Gasteiger partial charge is 0.317 e. The minimum absolute atomic E-state index is 0.0280. The van der Waals surface area contributed by atoms with E-state index in [0.29, 0.717) is 38.3 Å². The van der Waals surface area contributed by atoms with Crippen LogP contribution in [0.5, 0.6) is 0 Å². The molecule has 1 aromatic carbocycles. The summed E-state index contributed by atoms with van der Waals surface area (Å²) in [6.45, 7) is 5.26. The van der Waals surface area contributed by atoms with Gasteiger partial charge in [-0.1, -0.05) is 22.9 Å².